The lowest BCUT2D eigenvalue weighted by molar-refractivity contribution is -0.138. The smallest absolute Gasteiger partial charge is 0.320 e. The molecule has 1 aromatic carbocycles. The summed E-state index contributed by atoms with van der Waals surface area (Å²) in [6.45, 7) is 1.36. The van der Waals surface area contributed by atoms with Gasteiger partial charge in [0.1, 0.15) is 11.8 Å². The van der Waals surface area contributed by atoms with Crippen LogP contribution in [0.15, 0.2) is 16.6 Å². The highest BCUT2D eigenvalue weighted by Crippen LogP contribution is 2.34. The number of carboxylic acid groups (broad SMARTS) is 1. The molecule has 1 atom stereocenters. The van der Waals surface area contributed by atoms with Crippen LogP contribution in [0.4, 0.5) is 5.69 Å². The number of hydrogen-bond acceptors (Lipinski definition) is 4. The molecule has 0 saturated heterocycles. The van der Waals surface area contributed by atoms with Gasteiger partial charge in [0.2, 0.25) is 5.91 Å². The van der Waals surface area contributed by atoms with Crippen molar-refractivity contribution < 1.29 is 19.4 Å². The van der Waals surface area contributed by atoms with Crippen molar-refractivity contribution in [1.29, 1.82) is 0 Å². The number of ether oxygens (including phenoxy) is 1. The molecule has 0 spiro atoms. The zero-order chi connectivity index (χ0) is 14.6. The van der Waals surface area contributed by atoms with E-state index in [-0.39, 0.29) is 12.3 Å². The number of halogens is 1. The number of anilines is 1. The van der Waals surface area contributed by atoms with Crippen LogP contribution < -0.4 is 15.8 Å². The van der Waals surface area contributed by atoms with Gasteiger partial charge in [0.25, 0.3) is 0 Å². The molecule has 1 unspecified atom stereocenters. The van der Waals surface area contributed by atoms with Crippen LogP contribution in [-0.4, -0.2) is 30.1 Å². The van der Waals surface area contributed by atoms with E-state index in [4.69, 9.17) is 15.6 Å². The van der Waals surface area contributed by atoms with Crippen molar-refractivity contribution >= 4 is 33.5 Å². The van der Waals surface area contributed by atoms with Crippen molar-refractivity contribution in [1.82, 2.24) is 0 Å². The molecule has 19 heavy (non-hydrogen) atoms. The van der Waals surface area contributed by atoms with Crippen molar-refractivity contribution in [2.75, 3.05) is 12.4 Å². The molecule has 0 aromatic heterocycles. The van der Waals surface area contributed by atoms with Gasteiger partial charge in [-0.1, -0.05) is 15.9 Å². The van der Waals surface area contributed by atoms with E-state index in [9.17, 15) is 9.59 Å². The Bertz CT molecular complexity index is 505. The van der Waals surface area contributed by atoms with Crippen LogP contribution in [-0.2, 0) is 16.0 Å². The van der Waals surface area contributed by atoms with Crippen LogP contribution in [0.3, 0.4) is 0 Å². The fraction of sp³-hybridized carbons (Fsp3) is 0.333. The number of carbonyl (C=O) groups excluding carboxylic acids is 1. The number of rotatable bonds is 5. The Morgan fingerprint density at radius 1 is 1.53 bits per heavy atom. The van der Waals surface area contributed by atoms with E-state index >= 15 is 0 Å². The standard InChI is InChI=1S/C12H15BrN2O4/c1-6(16)15-11-7(5-9(14)12(17)18)8(13)3-4-10(11)19-2/h3-4,9H,5,14H2,1-2H3,(H,15,16)(H,17,18). The van der Waals surface area contributed by atoms with Crippen LogP contribution >= 0.6 is 15.9 Å². The first-order valence-corrected chi connectivity index (χ1v) is 6.27. The Morgan fingerprint density at radius 3 is 2.63 bits per heavy atom. The third-order valence-corrected chi connectivity index (χ3v) is 3.22. The van der Waals surface area contributed by atoms with Gasteiger partial charge >= 0.3 is 5.97 Å². The minimum absolute atomic E-state index is 0.0722. The van der Waals surface area contributed by atoms with Gasteiger partial charge in [-0.05, 0) is 17.7 Å². The van der Waals surface area contributed by atoms with Crippen LogP contribution in [0.2, 0.25) is 0 Å². The SMILES string of the molecule is COc1ccc(Br)c(CC(N)C(=O)O)c1NC(C)=O. The molecular weight excluding hydrogens is 316 g/mol. The molecule has 0 fully saturated rings. The van der Waals surface area contributed by atoms with E-state index in [1.165, 1.54) is 14.0 Å². The first-order valence-electron chi connectivity index (χ1n) is 5.48. The molecule has 7 heteroatoms. The molecule has 0 bridgehead atoms. The summed E-state index contributed by atoms with van der Waals surface area (Å²) in [5.41, 5.74) is 6.55. The van der Waals surface area contributed by atoms with Gasteiger partial charge in [0.05, 0.1) is 12.8 Å². The Morgan fingerprint density at radius 2 is 2.16 bits per heavy atom. The number of nitrogens with one attached hydrogen (secondary N) is 1. The summed E-state index contributed by atoms with van der Waals surface area (Å²) in [7, 11) is 1.47. The van der Waals surface area contributed by atoms with Crippen LogP contribution in [0.25, 0.3) is 0 Å². The number of aliphatic carboxylic acids is 1. The van der Waals surface area contributed by atoms with Gasteiger partial charge in [-0.3, -0.25) is 9.59 Å². The molecule has 1 rings (SSSR count). The van der Waals surface area contributed by atoms with Crippen LogP contribution in [0, 0.1) is 0 Å². The van der Waals surface area contributed by atoms with Gasteiger partial charge in [-0.15, -0.1) is 0 Å². The molecule has 6 nitrogen and oxygen atoms in total. The minimum Gasteiger partial charge on any atom is -0.495 e. The van der Waals surface area contributed by atoms with Crippen LogP contribution in [0.5, 0.6) is 5.75 Å². The zero-order valence-corrected chi connectivity index (χ0v) is 12.2. The van der Waals surface area contributed by atoms with Crippen molar-refractivity contribution in [2.24, 2.45) is 5.73 Å². The average Bonchev–Trinajstić information content (AvgIpc) is 2.33. The number of carboxylic acids is 1. The number of nitrogens with two attached hydrogens (primary N) is 1. The van der Waals surface area contributed by atoms with E-state index in [2.05, 4.69) is 21.2 Å². The molecule has 104 valence electrons. The maximum absolute atomic E-state index is 11.2. The molecule has 0 radical (unpaired) electrons. The number of methoxy groups -OCH3 is 1. The minimum atomic E-state index is -1.11. The lowest BCUT2D eigenvalue weighted by atomic mass is 10.0. The second kappa shape index (κ2) is 6.53. The summed E-state index contributed by atoms with van der Waals surface area (Å²) in [4.78, 5) is 22.1. The lowest BCUT2D eigenvalue weighted by Crippen LogP contribution is -2.32. The molecule has 4 N–H and O–H groups in total. The first kappa shape index (κ1) is 15.5. The monoisotopic (exact) mass is 330 g/mol. The molecule has 1 amide bonds. The highest BCUT2D eigenvalue weighted by atomic mass is 79.9. The van der Waals surface area contributed by atoms with Gasteiger partial charge in [-0.2, -0.15) is 0 Å². The summed E-state index contributed by atoms with van der Waals surface area (Å²) in [5, 5.41) is 11.5. The predicted octanol–water partition coefficient (Wildman–Crippen LogP) is 1.37. The fourth-order valence-electron chi connectivity index (χ4n) is 1.59. The van der Waals surface area contributed by atoms with Gasteiger partial charge in [-0.25, -0.2) is 0 Å². The van der Waals surface area contributed by atoms with Crippen molar-refractivity contribution in [3.63, 3.8) is 0 Å². The fourth-order valence-corrected chi connectivity index (χ4v) is 2.08. The number of hydrogen-bond donors (Lipinski definition) is 3. The van der Waals surface area contributed by atoms with E-state index in [0.29, 0.717) is 21.5 Å². The normalized spacial score (nSPS) is 11.8. The highest BCUT2D eigenvalue weighted by molar-refractivity contribution is 9.10. The third-order valence-electron chi connectivity index (χ3n) is 2.48. The maximum Gasteiger partial charge on any atom is 0.320 e. The van der Waals surface area contributed by atoms with Crippen molar-refractivity contribution in [2.45, 2.75) is 19.4 Å². The molecular formula is C12H15BrN2O4. The molecule has 0 aliphatic carbocycles. The summed E-state index contributed by atoms with van der Waals surface area (Å²) in [6, 6.07) is 2.33. The lowest BCUT2D eigenvalue weighted by Gasteiger charge is -2.17. The number of benzene rings is 1. The Balaban J connectivity index is 3.25. The van der Waals surface area contributed by atoms with Crippen LogP contribution in [0.1, 0.15) is 12.5 Å². The number of amides is 1. The molecule has 1 aromatic rings. The summed E-state index contributed by atoms with van der Waals surface area (Å²) >= 11 is 3.32. The van der Waals surface area contributed by atoms with Gasteiger partial charge in [0.15, 0.2) is 0 Å². The van der Waals surface area contributed by atoms with Crippen molar-refractivity contribution in [3.8, 4) is 5.75 Å². The van der Waals surface area contributed by atoms with Crippen molar-refractivity contribution in [3.05, 3.63) is 22.2 Å². The Kier molecular flexibility index (Phi) is 5.31. The summed E-state index contributed by atoms with van der Waals surface area (Å²) in [5.74, 6) is -0.934. The molecule has 0 aliphatic rings. The van der Waals surface area contributed by atoms with E-state index in [1.807, 2.05) is 0 Å². The summed E-state index contributed by atoms with van der Waals surface area (Å²) in [6.07, 6.45) is 0.0722. The molecule has 0 aliphatic heterocycles. The quantitative estimate of drug-likeness (QED) is 0.756. The van der Waals surface area contributed by atoms with Gasteiger partial charge < -0.3 is 20.9 Å². The summed E-state index contributed by atoms with van der Waals surface area (Å²) < 4.78 is 5.82. The largest absolute Gasteiger partial charge is 0.495 e. The molecule has 0 heterocycles. The molecule has 0 saturated carbocycles. The average molecular weight is 331 g/mol. The number of carbonyl (C=O) groups is 2. The van der Waals surface area contributed by atoms with Gasteiger partial charge in [0, 0.05) is 17.8 Å². The second-order valence-corrected chi connectivity index (χ2v) is 4.79. The second-order valence-electron chi connectivity index (χ2n) is 3.93. The van der Waals surface area contributed by atoms with E-state index in [1.54, 1.807) is 12.1 Å². The first-order chi connectivity index (χ1) is 8.86. The topological polar surface area (TPSA) is 102 Å². The van der Waals surface area contributed by atoms with E-state index in [0.717, 1.165) is 0 Å². The highest BCUT2D eigenvalue weighted by Gasteiger charge is 2.20. The maximum atomic E-state index is 11.2. The van der Waals surface area contributed by atoms with E-state index < -0.39 is 12.0 Å². The Hall–Kier alpha value is -1.60. The Labute approximate surface area is 119 Å². The zero-order valence-electron chi connectivity index (χ0n) is 10.6. The third kappa shape index (κ3) is 3.93. The predicted molar refractivity (Wildman–Crippen MR) is 74.3 cm³/mol.